The van der Waals surface area contributed by atoms with E-state index < -0.39 is 12.7 Å². The maximum atomic E-state index is 12.5. The Hall–Kier alpha value is -1.43. The summed E-state index contributed by atoms with van der Waals surface area (Å²) in [5.74, 6) is 2.12. The first kappa shape index (κ1) is 26.8. The van der Waals surface area contributed by atoms with Gasteiger partial charge in [-0.3, -0.25) is 9.89 Å². The predicted molar refractivity (Wildman–Crippen MR) is 133 cm³/mol. The molecule has 2 heterocycles. The van der Waals surface area contributed by atoms with Crippen LogP contribution in [0.5, 0.6) is 5.75 Å². The van der Waals surface area contributed by atoms with Crippen LogP contribution in [0.1, 0.15) is 25.7 Å². The Morgan fingerprint density at radius 2 is 1.88 bits per heavy atom. The molecule has 3 rings (SSSR count). The molecule has 0 aliphatic carbocycles. The van der Waals surface area contributed by atoms with Crippen molar-refractivity contribution >= 4 is 35.6 Å². The van der Waals surface area contributed by atoms with E-state index in [4.69, 9.17) is 4.74 Å². The van der Waals surface area contributed by atoms with Gasteiger partial charge in [0.05, 0.1) is 19.3 Å². The van der Waals surface area contributed by atoms with Crippen LogP contribution < -0.4 is 20.3 Å². The molecular weight excluding hydrogens is 534 g/mol. The summed E-state index contributed by atoms with van der Waals surface area (Å²) in [6.45, 7) is 2.86. The average molecular weight is 569 g/mol. The summed E-state index contributed by atoms with van der Waals surface area (Å²) in [6.07, 6.45) is -0.510. The molecule has 10 heteroatoms. The second-order valence-corrected chi connectivity index (χ2v) is 8.37. The minimum absolute atomic E-state index is 0. The zero-order chi connectivity index (χ0) is 22.3. The third-order valence-corrected chi connectivity index (χ3v) is 6.13. The number of aliphatic imine (C=N–C) groups is 1. The molecule has 182 valence electrons. The number of para-hydroxylation sites is 2. The van der Waals surface area contributed by atoms with E-state index in [0.29, 0.717) is 25.0 Å². The number of nitrogens with one attached hydrogen (secondary N) is 2. The number of methoxy groups -OCH3 is 1. The Bertz CT molecular complexity index is 726. The summed E-state index contributed by atoms with van der Waals surface area (Å²) in [7, 11) is 3.45. The summed E-state index contributed by atoms with van der Waals surface area (Å²) in [5.41, 5.74) is 1.11. The van der Waals surface area contributed by atoms with Crippen molar-refractivity contribution in [3.05, 3.63) is 24.3 Å². The first-order chi connectivity index (χ1) is 14.9. The standard InChI is InChI=1S/C22H34F3N5O.HI/c1-26-21(27-11-7-17-8-12-29(13-9-17)16-22(23,24)25)28-18-10-14-30(15-18)19-5-3-4-6-20(19)31-2;/h3-6,17-18H,7-16H2,1-2H3,(H2,26,27,28);1H. The molecule has 2 N–H and O–H groups in total. The Kier molecular flexibility index (Phi) is 10.7. The molecule has 0 saturated carbocycles. The number of benzene rings is 1. The van der Waals surface area contributed by atoms with Gasteiger partial charge in [0.25, 0.3) is 0 Å². The summed E-state index contributed by atoms with van der Waals surface area (Å²) in [5, 5.41) is 6.87. The largest absolute Gasteiger partial charge is 0.495 e. The van der Waals surface area contributed by atoms with Gasteiger partial charge < -0.3 is 20.3 Å². The third-order valence-electron chi connectivity index (χ3n) is 6.13. The van der Waals surface area contributed by atoms with Gasteiger partial charge in [-0.1, -0.05) is 12.1 Å². The van der Waals surface area contributed by atoms with Crippen molar-refractivity contribution in [3.63, 3.8) is 0 Å². The number of alkyl halides is 3. The number of anilines is 1. The van der Waals surface area contributed by atoms with Crippen LogP contribution in [0.15, 0.2) is 29.3 Å². The summed E-state index contributed by atoms with van der Waals surface area (Å²) >= 11 is 0. The summed E-state index contributed by atoms with van der Waals surface area (Å²) in [6, 6.07) is 8.34. The van der Waals surface area contributed by atoms with Crippen molar-refractivity contribution in [2.75, 3.05) is 58.3 Å². The second kappa shape index (κ2) is 12.7. The van der Waals surface area contributed by atoms with Crippen LogP contribution in [0.25, 0.3) is 0 Å². The molecule has 6 nitrogen and oxygen atoms in total. The van der Waals surface area contributed by atoms with Crippen LogP contribution >= 0.6 is 24.0 Å². The smallest absolute Gasteiger partial charge is 0.401 e. The Morgan fingerprint density at radius 1 is 1.16 bits per heavy atom. The first-order valence-electron chi connectivity index (χ1n) is 11.0. The first-order valence-corrected chi connectivity index (χ1v) is 11.0. The van der Waals surface area contributed by atoms with Crippen LogP contribution in [-0.4, -0.2) is 76.5 Å². The quantitative estimate of drug-likeness (QED) is 0.298. The number of hydrogen-bond donors (Lipinski definition) is 2. The summed E-state index contributed by atoms with van der Waals surface area (Å²) < 4.78 is 43.0. The van der Waals surface area contributed by atoms with Gasteiger partial charge in [-0.05, 0) is 56.8 Å². The molecule has 0 spiro atoms. The second-order valence-electron chi connectivity index (χ2n) is 8.37. The molecule has 0 bridgehead atoms. The van der Waals surface area contributed by atoms with E-state index in [1.165, 1.54) is 4.90 Å². The van der Waals surface area contributed by atoms with Crippen molar-refractivity contribution in [1.82, 2.24) is 15.5 Å². The number of halogens is 4. The highest BCUT2D eigenvalue weighted by atomic mass is 127. The molecule has 2 fully saturated rings. The highest BCUT2D eigenvalue weighted by Crippen LogP contribution is 2.30. The predicted octanol–water partition coefficient (Wildman–Crippen LogP) is 3.72. The zero-order valence-corrected chi connectivity index (χ0v) is 21.2. The fraction of sp³-hybridized carbons (Fsp3) is 0.682. The zero-order valence-electron chi connectivity index (χ0n) is 18.8. The van der Waals surface area contributed by atoms with Crippen molar-refractivity contribution in [2.45, 2.75) is 37.9 Å². The van der Waals surface area contributed by atoms with Crippen LogP contribution in [-0.2, 0) is 0 Å². The van der Waals surface area contributed by atoms with E-state index in [-0.39, 0.29) is 24.0 Å². The highest BCUT2D eigenvalue weighted by Gasteiger charge is 2.32. The van der Waals surface area contributed by atoms with Gasteiger partial charge in [0.15, 0.2) is 5.96 Å². The van der Waals surface area contributed by atoms with Gasteiger partial charge in [-0.2, -0.15) is 13.2 Å². The molecule has 2 aliphatic rings. The fourth-order valence-corrected chi connectivity index (χ4v) is 4.46. The SMILES string of the molecule is CN=C(NCCC1CCN(CC(F)(F)F)CC1)NC1CCN(c2ccccc2OC)C1.I. The number of rotatable bonds is 7. The lowest BCUT2D eigenvalue weighted by Crippen LogP contribution is -2.45. The van der Waals surface area contributed by atoms with E-state index in [1.807, 2.05) is 18.2 Å². The molecule has 2 aliphatic heterocycles. The van der Waals surface area contributed by atoms with E-state index >= 15 is 0 Å². The number of ether oxygens (including phenoxy) is 1. The van der Waals surface area contributed by atoms with Crippen LogP contribution in [0.3, 0.4) is 0 Å². The minimum Gasteiger partial charge on any atom is -0.495 e. The van der Waals surface area contributed by atoms with Gasteiger partial charge in [0.1, 0.15) is 5.75 Å². The number of piperidine rings is 1. The molecule has 1 unspecified atom stereocenters. The maximum absolute atomic E-state index is 12.5. The molecule has 1 atom stereocenters. The van der Waals surface area contributed by atoms with Crippen LogP contribution in [0, 0.1) is 5.92 Å². The molecule has 0 aromatic heterocycles. The monoisotopic (exact) mass is 569 g/mol. The van der Waals surface area contributed by atoms with E-state index in [0.717, 1.165) is 62.7 Å². The van der Waals surface area contributed by atoms with Gasteiger partial charge in [0.2, 0.25) is 0 Å². The van der Waals surface area contributed by atoms with Gasteiger partial charge in [-0.15, -0.1) is 24.0 Å². The molecule has 2 saturated heterocycles. The van der Waals surface area contributed by atoms with Crippen molar-refractivity contribution in [3.8, 4) is 5.75 Å². The lowest BCUT2D eigenvalue weighted by Gasteiger charge is -2.32. The van der Waals surface area contributed by atoms with Gasteiger partial charge in [-0.25, -0.2) is 0 Å². The number of likely N-dealkylation sites (tertiary alicyclic amines) is 1. The molecular formula is C22H35F3IN5O. The highest BCUT2D eigenvalue weighted by molar-refractivity contribution is 14.0. The number of nitrogens with zero attached hydrogens (tertiary/aromatic N) is 3. The van der Waals surface area contributed by atoms with Gasteiger partial charge >= 0.3 is 6.18 Å². The van der Waals surface area contributed by atoms with Crippen molar-refractivity contribution in [1.29, 1.82) is 0 Å². The molecule has 32 heavy (non-hydrogen) atoms. The maximum Gasteiger partial charge on any atom is 0.401 e. The summed E-state index contributed by atoms with van der Waals surface area (Å²) in [4.78, 5) is 8.17. The Morgan fingerprint density at radius 3 is 2.53 bits per heavy atom. The van der Waals surface area contributed by atoms with Crippen molar-refractivity contribution in [2.24, 2.45) is 10.9 Å². The van der Waals surface area contributed by atoms with Gasteiger partial charge in [0, 0.05) is 32.7 Å². The minimum atomic E-state index is -4.10. The van der Waals surface area contributed by atoms with E-state index in [2.05, 4.69) is 26.6 Å². The normalized spacial score (nSPS) is 20.7. The Labute approximate surface area is 206 Å². The molecule has 1 aromatic carbocycles. The topological polar surface area (TPSA) is 52.1 Å². The van der Waals surface area contributed by atoms with E-state index in [9.17, 15) is 13.2 Å². The van der Waals surface area contributed by atoms with Crippen molar-refractivity contribution < 1.29 is 17.9 Å². The average Bonchev–Trinajstić information content (AvgIpc) is 3.21. The number of guanidine groups is 1. The van der Waals surface area contributed by atoms with Crippen LogP contribution in [0.2, 0.25) is 0 Å². The number of hydrogen-bond acceptors (Lipinski definition) is 4. The lowest BCUT2D eigenvalue weighted by molar-refractivity contribution is -0.148. The van der Waals surface area contributed by atoms with Crippen LogP contribution in [0.4, 0.5) is 18.9 Å². The molecule has 1 aromatic rings. The molecule has 0 amide bonds. The van der Waals surface area contributed by atoms with E-state index in [1.54, 1.807) is 14.2 Å². The molecule has 0 radical (unpaired) electrons. The Balaban J connectivity index is 0.00000363. The fourth-order valence-electron chi connectivity index (χ4n) is 4.46. The lowest BCUT2D eigenvalue weighted by atomic mass is 9.93. The third kappa shape index (κ3) is 8.17.